The van der Waals surface area contributed by atoms with E-state index in [2.05, 4.69) is 0 Å². The van der Waals surface area contributed by atoms with Gasteiger partial charge < -0.3 is 9.47 Å². The third kappa shape index (κ3) is 3.06. The van der Waals surface area contributed by atoms with Gasteiger partial charge in [-0.3, -0.25) is 0 Å². The molecule has 3 nitrogen and oxygen atoms in total. The van der Waals surface area contributed by atoms with Crippen LogP contribution in [0, 0.1) is 0 Å². The van der Waals surface area contributed by atoms with Crippen molar-refractivity contribution >= 4 is 5.97 Å². The summed E-state index contributed by atoms with van der Waals surface area (Å²) >= 11 is 0. The van der Waals surface area contributed by atoms with Crippen molar-refractivity contribution in [3.8, 4) is 0 Å². The van der Waals surface area contributed by atoms with E-state index in [1.165, 1.54) is 7.11 Å². The third-order valence-electron chi connectivity index (χ3n) is 3.27. The molecular formula is C17H18O3. The molecule has 0 amide bonds. The quantitative estimate of drug-likeness (QED) is 0.782. The lowest BCUT2D eigenvalue weighted by molar-refractivity contribution is -0.170. The molecule has 0 aliphatic heterocycles. The van der Waals surface area contributed by atoms with Crippen LogP contribution in [0.3, 0.4) is 0 Å². The number of esters is 1. The van der Waals surface area contributed by atoms with Gasteiger partial charge in [0.2, 0.25) is 0 Å². The number of hydrogen-bond acceptors (Lipinski definition) is 3. The molecule has 2 aromatic rings. The Balaban J connectivity index is 2.22. The van der Waals surface area contributed by atoms with Gasteiger partial charge in [-0.1, -0.05) is 60.7 Å². The van der Waals surface area contributed by atoms with Gasteiger partial charge in [0, 0.05) is 0 Å². The smallest absolute Gasteiger partial charge is 0.342 e. The monoisotopic (exact) mass is 270 g/mol. The van der Waals surface area contributed by atoms with Gasteiger partial charge in [-0.05, 0) is 18.1 Å². The van der Waals surface area contributed by atoms with E-state index in [-0.39, 0.29) is 0 Å². The predicted molar refractivity (Wildman–Crippen MR) is 77.0 cm³/mol. The SMILES string of the molecule is COC(=O)C(C)(OCc1ccccc1)c1ccccc1. The third-order valence-corrected chi connectivity index (χ3v) is 3.27. The molecule has 2 rings (SSSR count). The van der Waals surface area contributed by atoms with Gasteiger partial charge in [0.1, 0.15) is 0 Å². The Morgan fingerprint density at radius 1 is 1.00 bits per heavy atom. The van der Waals surface area contributed by atoms with Crippen molar-refractivity contribution in [2.24, 2.45) is 0 Å². The average Bonchev–Trinajstić information content (AvgIpc) is 2.53. The summed E-state index contributed by atoms with van der Waals surface area (Å²) in [4.78, 5) is 12.1. The molecule has 0 bridgehead atoms. The molecule has 0 fully saturated rings. The Kier molecular flexibility index (Phi) is 4.53. The molecule has 0 saturated carbocycles. The first-order valence-corrected chi connectivity index (χ1v) is 6.48. The summed E-state index contributed by atoms with van der Waals surface area (Å²) in [6.07, 6.45) is 0. The first-order valence-electron chi connectivity index (χ1n) is 6.48. The Bertz CT molecular complexity index is 551. The van der Waals surface area contributed by atoms with Crippen LogP contribution in [-0.2, 0) is 26.5 Å². The number of carbonyl (C=O) groups excluding carboxylic acids is 1. The maximum atomic E-state index is 12.1. The highest BCUT2D eigenvalue weighted by molar-refractivity contribution is 5.80. The molecule has 1 atom stereocenters. The normalized spacial score (nSPS) is 13.5. The lowest BCUT2D eigenvalue weighted by Gasteiger charge is -2.27. The van der Waals surface area contributed by atoms with Gasteiger partial charge in [0.25, 0.3) is 0 Å². The number of rotatable bonds is 5. The molecule has 3 heteroatoms. The number of hydrogen-bond donors (Lipinski definition) is 0. The van der Waals surface area contributed by atoms with Gasteiger partial charge in [-0.25, -0.2) is 4.79 Å². The second-order valence-electron chi connectivity index (χ2n) is 4.67. The maximum Gasteiger partial charge on any atom is 0.342 e. The molecule has 1 unspecified atom stereocenters. The summed E-state index contributed by atoms with van der Waals surface area (Å²) in [5, 5.41) is 0. The Morgan fingerprint density at radius 2 is 1.55 bits per heavy atom. The minimum absolute atomic E-state index is 0.349. The van der Waals surface area contributed by atoms with E-state index >= 15 is 0 Å². The van der Waals surface area contributed by atoms with Crippen molar-refractivity contribution in [2.75, 3.05) is 7.11 Å². The molecule has 0 N–H and O–H groups in total. The first kappa shape index (κ1) is 14.3. The number of ether oxygens (including phenoxy) is 2. The van der Waals surface area contributed by atoms with E-state index in [0.717, 1.165) is 11.1 Å². The van der Waals surface area contributed by atoms with Crippen LogP contribution in [0.25, 0.3) is 0 Å². The minimum atomic E-state index is -1.11. The molecule has 0 radical (unpaired) electrons. The van der Waals surface area contributed by atoms with Crippen LogP contribution in [-0.4, -0.2) is 13.1 Å². The van der Waals surface area contributed by atoms with Gasteiger partial charge in [-0.15, -0.1) is 0 Å². The van der Waals surface area contributed by atoms with Crippen LogP contribution in [0.5, 0.6) is 0 Å². The first-order chi connectivity index (χ1) is 9.66. The van der Waals surface area contributed by atoms with Crippen LogP contribution in [0.15, 0.2) is 60.7 Å². The second-order valence-corrected chi connectivity index (χ2v) is 4.67. The summed E-state index contributed by atoms with van der Waals surface area (Å²) < 4.78 is 10.8. The molecular weight excluding hydrogens is 252 g/mol. The second kappa shape index (κ2) is 6.35. The fourth-order valence-electron chi connectivity index (χ4n) is 2.01. The molecule has 20 heavy (non-hydrogen) atoms. The van der Waals surface area contributed by atoms with E-state index in [9.17, 15) is 4.79 Å². The van der Waals surface area contributed by atoms with Gasteiger partial charge in [-0.2, -0.15) is 0 Å². The summed E-state index contributed by atoms with van der Waals surface area (Å²) in [6.45, 7) is 2.08. The van der Waals surface area contributed by atoms with Crippen LogP contribution >= 0.6 is 0 Å². The zero-order chi connectivity index (χ0) is 14.4. The van der Waals surface area contributed by atoms with Crippen LogP contribution < -0.4 is 0 Å². The van der Waals surface area contributed by atoms with E-state index in [1.54, 1.807) is 6.92 Å². The summed E-state index contributed by atoms with van der Waals surface area (Å²) in [7, 11) is 1.37. The van der Waals surface area contributed by atoms with E-state index in [0.29, 0.717) is 6.61 Å². The maximum absolute atomic E-state index is 12.1. The van der Waals surface area contributed by atoms with Crippen molar-refractivity contribution in [2.45, 2.75) is 19.1 Å². The number of carbonyl (C=O) groups is 1. The Morgan fingerprint density at radius 3 is 2.10 bits per heavy atom. The van der Waals surface area contributed by atoms with Crippen molar-refractivity contribution in [3.05, 3.63) is 71.8 Å². The van der Waals surface area contributed by atoms with Crippen LogP contribution in [0.4, 0.5) is 0 Å². The fourth-order valence-corrected chi connectivity index (χ4v) is 2.01. The highest BCUT2D eigenvalue weighted by atomic mass is 16.6. The van der Waals surface area contributed by atoms with Crippen LogP contribution in [0.1, 0.15) is 18.1 Å². The van der Waals surface area contributed by atoms with Crippen molar-refractivity contribution in [1.82, 2.24) is 0 Å². The van der Waals surface area contributed by atoms with Gasteiger partial charge in [0.15, 0.2) is 5.60 Å². The molecule has 2 aromatic carbocycles. The predicted octanol–water partition coefficient (Wildman–Crippen LogP) is 3.29. The average molecular weight is 270 g/mol. The van der Waals surface area contributed by atoms with Crippen molar-refractivity contribution in [1.29, 1.82) is 0 Å². The van der Waals surface area contributed by atoms with E-state index in [4.69, 9.17) is 9.47 Å². The largest absolute Gasteiger partial charge is 0.467 e. The molecule has 0 spiro atoms. The number of benzene rings is 2. The molecule has 104 valence electrons. The zero-order valence-corrected chi connectivity index (χ0v) is 11.7. The number of methoxy groups -OCH3 is 1. The summed E-state index contributed by atoms with van der Waals surface area (Å²) in [5.74, 6) is -0.403. The molecule has 0 aromatic heterocycles. The fraction of sp³-hybridized carbons (Fsp3) is 0.235. The van der Waals surface area contributed by atoms with E-state index in [1.807, 2.05) is 60.7 Å². The lowest BCUT2D eigenvalue weighted by Crippen LogP contribution is -2.36. The highest BCUT2D eigenvalue weighted by Crippen LogP contribution is 2.28. The molecule has 0 saturated heterocycles. The van der Waals surface area contributed by atoms with E-state index < -0.39 is 11.6 Å². The zero-order valence-electron chi connectivity index (χ0n) is 11.7. The van der Waals surface area contributed by atoms with Crippen molar-refractivity contribution in [3.63, 3.8) is 0 Å². The molecule has 0 heterocycles. The Hall–Kier alpha value is -2.13. The van der Waals surface area contributed by atoms with Gasteiger partial charge in [0.05, 0.1) is 13.7 Å². The van der Waals surface area contributed by atoms with Crippen LogP contribution in [0.2, 0.25) is 0 Å². The summed E-state index contributed by atoms with van der Waals surface area (Å²) in [5.41, 5.74) is 0.688. The topological polar surface area (TPSA) is 35.5 Å². The standard InChI is InChI=1S/C17H18O3/c1-17(16(18)19-2,15-11-7-4-8-12-15)20-13-14-9-5-3-6-10-14/h3-12H,13H2,1-2H3. The minimum Gasteiger partial charge on any atom is -0.467 e. The lowest BCUT2D eigenvalue weighted by atomic mass is 9.96. The highest BCUT2D eigenvalue weighted by Gasteiger charge is 2.37. The van der Waals surface area contributed by atoms with Gasteiger partial charge >= 0.3 is 5.97 Å². The molecule has 0 aliphatic carbocycles. The van der Waals surface area contributed by atoms with Crippen molar-refractivity contribution < 1.29 is 14.3 Å². The Labute approximate surface area is 119 Å². The summed E-state index contributed by atoms with van der Waals surface area (Å²) in [6, 6.07) is 19.1. The molecule has 0 aliphatic rings.